The summed E-state index contributed by atoms with van der Waals surface area (Å²) < 4.78 is 54.3. The molecule has 6 nitrogen and oxygen atoms in total. The molecule has 1 saturated heterocycles. The molecular weight excluding hydrogens is 400 g/mol. The van der Waals surface area contributed by atoms with E-state index in [0.717, 1.165) is 12.1 Å². The van der Waals surface area contributed by atoms with Gasteiger partial charge in [-0.15, -0.1) is 13.2 Å². The number of urea groups is 1. The average molecular weight is 420 g/mol. The average Bonchev–Trinajstić information content (AvgIpc) is 2.55. The minimum absolute atomic E-state index is 0.0182. The number of nitrogens with two attached hydrogens (primary N) is 1. The molecule has 1 aromatic rings. The fourth-order valence-corrected chi connectivity index (χ4v) is 3.13. The Bertz CT molecular complexity index is 758. The number of ether oxygens (including phenoxy) is 1. The van der Waals surface area contributed by atoms with Crippen LogP contribution in [0.15, 0.2) is 23.2 Å². The molecule has 11 heteroatoms. The first-order valence-corrected chi connectivity index (χ1v) is 8.89. The number of likely N-dealkylation sites (tertiary alicyclic amines) is 1. The number of carbonyl (C=O) groups is 1. The molecule has 0 radical (unpaired) electrons. The molecule has 154 valence electrons. The zero-order valence-corrected chi connectivity index (χ0v) is 15.9. The van der Waals surface area contributed by atoms with Crippen molar-refractivity contribution >= 4 is 29.2 Å². The van der Waals surface area contributed by atoms with Crippen LogP contribution in [0.3, 0.4) is 0 Å². The lowest BCUT2D eigenvalue weighted by Gasteiger charge is -2.32. The molecule has 0 saturated carbocycles. The quantitative estimate of drug-likeness (QED) is 0.340. The maximum atomic E-state index is 14.1. The maximum Gasteiger partial charge on any atom is 0.573 e. The molecular formula is C17H20F4N4O2S. The Kier molecular flexibility index (Phi) is 7.17. The molecule has 28 heavy (non-hydrogen) atoms. The van der Waals surface area contributed by atoms with E-state index in [2.05, 4.69) is 15.0 Å². The number of hydrogen-bond donors (Lipinski definition) is 2. The SMILES string of the molecule is CC(N)=NC(=S)NC(=O)N1CCC(Cc2ccc(OC(F)(F)F)cc2F)CC1. The molecule has 0 atom stereocenters. The highest BCUT2D eigenvalue weighted by atomic mass is 32.1. The third-order valence-corrected chi connectivity index (χ3v) is 4.35. The van der Waals surface area contributed by atoms with Crippen molar-refractivity contribution in [3.05, 3.63) is 29.6 Å². The van der Waals surface area contributed by atoms with Crippen molar-refractivity contribution in [3.8, 4) is 5.75 Å². The van der Waals surface area contributed by atoms with Crippen LogP contribution in [0.1, 0.15) is 25.3 Å². The Morgan fingerprint density at radius 3 is 2.57 bits per heavy atom. The minimum Gasteiger partial charge on any atom is -0.406 e. The van der Waals surface area contributed by atoms with E-state index in [4.69, 9.17) is 18.0 Å². The number of halogens is 4. The highest BCUT2D eigenvalue weighted by Crippen LogP contribution is 2.27. The number of amidine groups is 1. The Hall–Kier alpha value is -2.43. The fraction of sp³-hybridized carbons (Fsp3) is 0.471. The standard InChI is InChI=1S/C17H20F4N4O2S/c1-10(22)23-15(28)24-16(26)25-6-4-11(5-7-25)8-12-2-3-13(9-14(12)18)27-17(19,20)21/h2-3,9,11H,4-8H2,1H3,(H3,22,23,24,26,28). The highest BCUT2D eigenvalue weighted by molar-refractivity contribution is 7.80. The summed E-state index contributed by atoms with van der Waals surface area (Å²) in [6.45, 7) is 2.44. The number of rotatable bonds is 3. The van der Waals surface area contributed by atoms with Gasteiger partial charge in [0.2, 0.25) is 5.11 Å². The molecule has 1 heterocycles. The van der Waals surface area contributed by atoms with E-state index in [0.29, 0.717) is 37.9 Å². The van der Waals surface area contributed by atoms with Gasteiger partial charge in [0.15, 0.2) is 0 Å². The van der Waals surface area contributed by atoms with Gasteiger partial charge in [-0.3, -0.25) is 5.32 Å². The Labute approximate surface area is 164 Å². The summed E-state index contributed by atoms with van der Waals surface area (Å²) in [5.41, 5.74) is 5.71. The van der Waals surface area contributed by atoms with Crippen LogP contribution in [0.2, 0.25) is 0 Å². The third-order valence-electron chi connectivity index (χ3n) is 4.16. The van der Waals surface area contributed by atoms with Gasteiger partial charge >= 0.3 is 12.4 Å². The molecule has 0 unspecified atom stereocenters. The van der Waals surface area contributed by atoms with Gasteiger partial charge in [-0.2, -0.15) is 0 Å². The van der Waals surface area contributed by atoms with E-state index < -0.39 is 17.9 Å². The van der Waals surface area contributed by atoms with Gasteiger partial charge in [0.1, 0.15) is 11.6 Å². The van der Waals surface area contributed by atoms with Crippen molar-refractivity contribution in [1.29, 1.82) is 0 Å². The highest BCUT2D eigenvalue weighted by Gasteiger charge is 2.31. The first-order valence-electron chi connectivity index (χ1n) is 8.48. The van der Waals surface area contributed by atoms with Crippen molar-refractivity contribution in [2.24, 2.45) is 16.6 Å². The summed E-state index contributed by atoms with van der Waals surface area (Å²) >= 11 is 4.90. The summed E-state index contributed by atoms with van der Waals surface area (Å²) in [5, 5.41) is 2.45. The summed E-state index contributed by atoms with van der Waals surface area (Å²) in [6, 6.07) is 2.73. The fourth-order valence-electron chi connectivity index (χ4n) is 2.90. The van der Waals surface area contributed by atoms with Crippen LogP contribution in [0.4, 0.5) is 22.4 Å². The minimum atomic E-state index is -4.86. The lowest BCUT2D eigenvalue weighted by Crippen LogP contribution is -2.46. The van der Waals surface area contributed by atoms with E-state index >= 15 is 0 Å². The second kappa shape index (κ2) is 9.18. The number of thiocarbonyl (C=S) groups is 1. The van der Waals surface area contributed by atoms with Gasteiger partial charge in [0.25, 0.3) is 0 Å². The molecule has 3 N–H and O–H groups in total. The molecule has 1 aliphatic heterocycles. The Balaban J connectivity index is 1.86. The maximum absolute atomic E-state index is 14.1. The molecule has 1 aliphatic rings. The number of alkyl halides is 3. The lowest BCUT2D eigenvalue weighted by atomic mass is 9.90. The van der Waals surface area contributed by atoms with Gasteiger partial charge < -0.3 is 15.4 Å². The smallest absolute Gasteiger partial charge is 0.406 e. The van der Waals surface area contributed by atoms with Crippen LogP contribution in [0.25, 0.3) is 0 Å². The number of hydrogen-bond acceptors (Lipinski definition) is 3. The number of carbonyl (C=O) groups excluding carboxylic acids is 1. The van der Waals surface area contributed by atoms with E-state index in [1.165, 1.54) is 6.07 Å². The number of amides is 2. The van der Waals surface area contributed by atoms with Crippen LogP contribution in [0.5, 0.6) is 5.75 Å². The van der Waals surface area contributed by atoms with Gasteiger partial charge in [-0.05, 0) is 56.0 Å². The van der Waals surface area contributed by atoms with Crippen molar-refractivity contribution in [2.45, 2.75) is 32.5 Å². The van der Waals surface area contributed by atoms with Crippen LogP contribution < -0.4 is 15.8 Å². The van der Waals surface area contributed by atoms with Crippen molar-refractivity contribution < 1.29 is 27.1 Å². The molecule has 2 amide bonds. The second-order valence-electron chi connectivity index (χ2n) is 6.42. The molecule has 0 aliphatic carbocycles. The van der Waals surface area contributed by atoms with E-state index in [9.17, 15) is 22.4 Å². The predicted molar refractivity (Wildman–Crippen MR) is 99.5 cm³/mol. The molecule has 0 aromatic heterocycles. The van der Waals surface area contributed by atoms with Crippen molar-refractivity contribution in [1.82, 2.24) is 10.2 Å². The van der Waals surface area contributed by atoms with E-state index in [1.807, 2.05) is 0 Å². The van der Waals surface area contributed by atoms with Crippen LogP contribution >= 0.6 is 12.2 Å². The first kappa shape index (κ1) is 21.9. The zero-order chi connectivity index (χ0) is 20.9. The number of piperidine rings is 1. The van der Waals surface area contributed by atoms with E-state index in [-0.39, 0.29) is 22.9 Å². The number of benzene rings is 1. The van der Waals surface area contributed by atoms with Gasteiger partial charge in [0.05, 0.1) is 5.84 Å². The predicted octanol–water partition coefficient (Wildman–Crippen LogP) is 3.35. The Morgan fingerprint density at radius 2 is 2.04 bits per heavy atom. The summed E-state index contributed by atoms with van der Waals surface area (Å²) in [5.74, 6) is -1.00. The molecule has 1 aromatic carbocycles. The molecule has 0 spiro atoms. The normalized spacial score (nSPS) is 16.0. The van der Waals surface area contributed by atoms with Crippen LogP contribution in [0, 0.1) is 11.7 Å². The molecule has 2 rings (SSSR count). The number of aliphatic imine (C=N–C) groups is 1. The van der Waals surface area contributed by atoms with Crippen LogP contribution in [-0.2, 0) is 6.42 Å². The monoisotopic (exact) mass is 420 g/mol. The zero-order valence-electron chi connectivity index (χ0n) is 15.1. The second-order valence-corrected chi connectivity index (χ2v) is 6.81. The Morgan fingerprint density at radius 1 is 1.39 bits per heavy atom. The van der Waals surface area contributed by atoms with Gasteiger partial charge in [-0.1, -0.05) is 6.07 Å². The lowest BCUT2D eigenvalue weighted by molar-refractivity contribution is -0.274. The molecule has 0 bridgehead atoms. The van der Waals surface area contributed by atoms with Crippen molar-refractivity contribution in [3.63, 3.8) is 0 Å². The van der Waals surface area contributed by atoms with Gasteiger partial charge in [-0.25, -0.2) is 14.2 Å². The van der Waals surface area contributed by atoms with Crippen molar-refractivity contribution in [2.75, 3.05) is 13.1 Å². The first-order chi connectivity index (χ1) is 13.0. The largest absolute Gasteiger partial charge is 0.573 e. The van der Waals surface area contributed by atoms with Crippen LogP contribution in [-0.4, -0.2) is 41.3 Å². The summed E-state index contributed by atoms with van der Waals surface area (Å²) in [6.07, 6.45) is -3.25. The molecule has 1 fully saturated rings. The summed E-state index contributed by atoms with van der Waals surface area (Å²) in [4.78, 5) is 17.4. The van der Waals surface area contributed by atoms with E-state index in [1.54, 1.807) is 11.8 Å². The number of nitrogens with zero attached hydrogens (tertiary/aromatic N) is 2. The number of nitrogens with one attached hydrogen (secondary N) is 1. The topological polar surface area (TPSA) is 79.9 Å². The third kappa shape index (κ3) is 6.95. The van der Waals surface area contributed by atoms with Gasteiger partial charge in [0, 0.05) is 19.2 Å². The summed E-state index contributed by atoms with van der Waals surface area (Å²) in [7, 11) is 0.